The number of morpholine rings is 1. The molecule has 4 rings (SSSR count). The summed E-state index contributed by atoms with van der Waals surface area (Å²) in [7, 11) is 0. The summed E-state index contributed by atoms with van der Waals surface area (Å²) >= 11 is 0. The van der Waals surface area contributed by atoms with E-state index in [0.29, 0.717) is 25.7 Å². The Morgan fingerprint density at radius 1 is 1.25 bits per heavy atom. The molecule has 126 valence electrons. The molecule has 0 N–H and O–H groups in total. The molecule has 1 saturated carbocycles. The maximum Gasteiger partial charge on any atom is 0.225 e. The van der Waals surface area contributed by atoms with Crippen molar-refractivity contribution in [3.05, 3.63) is 48.3 Å². The van der Waals surface area contributed by atoms with Gasteiger partial charge in [0.05, 0.1) is 37.8 Å². The van der Waals surface area contributed by atoms with Crippen LogP contribution in [0.4, 0.5) is 10.3 Å². The minimum absolute atomic E-state index is 0.0101. The molecule has 7 heteroatoms. The molecule has 6 nitrogen and oxygen atoms in total. The summed E-state index contributed by atoms with van der Waals surface area (Å²) < 4.78 is 25.1. The van der Waals surface area contributed by atoms with E-state index in [1.807, 2.05) is 18.3 Å². The van der Waals surface area contributed by atoms with E-state index in [-0.39, 0.29) is 18.2 Å². The van der Waals surface area contributed by atoms with E-state index in [4.69, 9.17) is 9.47 Å². The van der Waals surface area contributed by atoms with Gasteiger partial charge in [-0.25, -0.2) is 14.4 Å². The molecule has 0 spiro atoms. The van der Waals surface area contributed by atoms with E-state index in [2.05, 4.69) is 19.9 Å². The van der Waals surface area contributed by atoms with Gasteiger partial charge in [0.25, 0.3) is 0 Å². The van der Waals surface area contributed by atoms with Crippen LogP contribution in [0.2, 0.25) is 0 Å². The van der Waals surface area contributed by atoms with Gasteiger partial charge in [0.1, 0.15) is 6.10 Å². The molecule has 0 unspecified atom stereocenters. The second-order valence-corrected chi connectivity index (χ2v) is 6.09. The van der Waals surface area contributed by atoms with Crippen molar-refractivity contribution in [2.24, 2.45) is 0 Å². The fourth-order valence-electron chi connectivity index (χ4n) is 3.48. The van der Waals surface area contributed by atoms with Gasteiger partial charge in [0, 0.05) is 18.9 Å². The summed E-state index contributed by atoms with van der Waals surface area (Å²) in [4.78, 5) is 14.4. The number of fused-ring (bicyclic) bond motifs is 1. The average Bonchev–Trinajstić information content (AvgIpc) is 3.05. The van der Waals surface area contributed by atoms with Crippen molar-refractivity contribution in [3.63, 3.8) is 0 Å². The quantitative estimate of drug-likeness (QED) is 0.854. The van der Waals surface area contributed by atoms with E-state index in [9.17, 15) is 4.39 Å². The van der Waals surface area contributed by atoms with Crippen LogP contribution in [0.25, 0.3) is 0 Å². The highest BCUT2D eigenvalue weighted by Crippen LogP contribution is 2.34. The molecule has 0 aromatic carbocycles. The molecule has 3 atom stereocenters. The summed E-state index contributed by atoms with van der Waals surface area (Å²) in [6, 6.07) is 4.07. The summed E-state index contributed by atoms with van der Waals surface area (Å²) in [5.74, 6) is 0.135. The topological polar surface area (TPSA) is 60.4 Å². The fraction of sp³-hybridized carbons (Fsp3) is 0.471. The zero-order valence-electron chi connectivity index (χ0n) is 13.2. The Labute approximate surface area is 139 Å². The van der Waals surface area contributed by atoms with Crippen LogP contribution in [-0.2, 0) is 16.1 Å². The third-order valence-electron chi connectivity index (χ3n) is 4.59. The van der Waals surface area contributed by atoms with Gasteiger partial charge < -0.3 is 14.4 Å². The third kappa shape index (κ3) is 3.09. The van der Waals surface area contributed by atoms with E-state index in [1.54, 1.807) is 6.20 Å². The number of rotatable bonds is 4. The Balaban J connectivity index is 1.43. The predicted octanol–water partition coefficient (Wildman–Crippen LogP) is 1.96. The highest BCUT2D eigenvalue weighted by Gasteiger charge is 2.44. The molecule has 2 aromatic rings. The lowest BCUT2D eigenvalue weighted by Crippen LogP contribution is -2.52. The lowest BCUT2D eigenvalue weighted by molar-refractivity contribution is -0.0773. The maximum absolute atomic E-state index is 13.1. The molecule has 2 aromatic heterocycles. The number of hydrogen-bond donors (Lipinski definition) is 0. The average molecular weight is 330 g/mol. The number of halogens is 1. The second kappa shape index (κ2) is 6.78. The van der Waals surface area contributed by atoms with Crippen LogP contribution < -0.4 is 4.90 Å². The summed E-state index contributed by atoms with van der Waals surface area (Å²) in [6.07, 6.45) is 7.88. The van der Waals surface area contributed by atoms with Gasteiger partial charge in [-0.15, -0.1) is 0 Å². The van der Waals surface area contributed by atoms with Crippen LogP contribution in [0.3, 0.4) is 0 Å². The largest absolute Gasteiger partial charge is 0.372 e. The van der Waals surface area contributed by atoms with E-state index in [0.717, 1.165) is 18.4 Å². The number of anilines is 1. The van der Waals surface area contributed by atoms with Gasteiger partial charge in [-0.05, 0) is 24.5 Å². The SMILES string of the molecule is Fc1cnc(N2CCO[C@@H]3[C@@H](OCc4cccnc4)CC[C@@H]32)nc1. The minimum Gasteiger partial charge on any atom is -0.372 e. The molecule has 1 aliphatic heterocycles. The Bertz CT molecular complexity index is 670. The van der Waals surface area contributed by atoms with Crippen molar-refractivity contribution in [2.45, 2.75) is 37.7 Å². The van der Waals surface area contributed by atoms with Crippen LogP contribution in [0, 0.1) is 5.82 Å². The Morgan fingerprint density at radius 3 is 2.92 bits per heavy atom. The van der Waals surface area contributed by atoms with E-state index >= 15 is 0 Å². The highest BCUT2D eigenvalue weighted by molar-refractivity contribution is 5.33. The van der Waals surface area contributed by atoms with Crippen LogP contribution in [0.15, 0.2) is 36.9 Å². The predicted molar refractivity (Wildman–Crippen MR) is 84.9 cm³/mol. The van der Waals surface area contributed by atoms with Gasteiger partial charge in [0.2, 0.25) is 5.95 Å². The molecule has 1 aliphatic carbocycles. The number of aromatic nitrogens is 3. The number of hydrogen-bond acceptors (Lipinski definition) is 6. The molecule has 0 bridgehead atoms. The molecule has 2 fully saturated rings. The van der Waals surface area contributed by atoms with Gasteiger partial charge in [-0.1, -0.05) is 6.07 Å². The number of pyridine rings is 1. The van der Waals surface area contributed by atoms with E-state index in [1.165, 1.54) is 12.4 Å². The Kier molecular flexibility index (Phi) is 4.36. The molecule has 24 heavy (non-hydrogen) atoms. The van der Waals surface area contributed by atoms with Crippen molar-refractivity contribution in [1.29, 1.82) is 0 Å². The third-order valence-corrected chi connectivity index (χ3v) is 4.59. The zero-order valence-corrected chi connectivity index (χ0v) is 13.2. The first-order chi connectivity index (χ1) is 11.8. The van der Waals surface area contributed by atoms with Crippen LogP contribution >= 0.6 is 0 Å². The lowest BCUT2D eigenvalue weighted by Gasteiger charge is -2.39. The minimum atomic E-state index is -0.423. The van der Waals surface area contributed by atoms with Crippen molar-refractivity contribution < 1.29 is 13.9 Å². The number of nitrogens with zero attached hydrogens (tertiary/aromatic N) is 4. The van der Waals surface area contributed by atoms with Crippen molar-refractivity contribution in [3.8, 4) is 0 Å². The zero-order chi connectivity index (χ0) is 16.4. The number of ether oxygens (including phenoxy) is 2. The molecule has 0 amide bonds. The molecular formula is C17H19FN4O2. The summed E-state index contributed by atoms with van der Waals surface area (Å²) in [5, 5.41) is 0. The van der Waals surface area contributed by atoms with Gasteiger partial charge in [-0.2, -0.15) is 0 Å². The van der Waals surface area contributed by atoms with Crippen molar-refractivity contribution in [2.75, 3.05) is 18.1 Å². The van der Waals surface area contributed by atoms with Crippen LogP contribution in [-0.4, -0.2) is 46.4 Å². The van der Waals surface area contributed by atoms with Crippen LogP contribution in [0.1, 0.15) is 18.4 Å². The van der Waals surface area contributed by atoms with Crippen LogP contribution in [0.5, 0.6) is 0 Å². The normalized spacial score (nSPS) is 26.4. The summed E-state index contributed by atoms with van der Waals surface area (Å²) in [6.45, 7) is 1.83. The standard InChI is InChI=1S/C17H19FN4O2/c18-13-9-20-17(21-10-13)22-6-7-23-16-14(22)3-4-15(16)24-11-12-2-1-5-19-8-12/h1-2,5,8-10,14-16H,3-4,6-7,11H2/t14-,15-,16-/m0/s1. The Morgan fingerprint density at radius 2 is 2.12 bits per heavy atom. The van der Waals surface area contributed by atoms with Crippen molar-refractivity contribution in [1.82, 2.24) is 15.0 Å². The van der Waals surface area contributed by atoms with Gasteiger partial charge >= 0.3 is 0 Å². The lowest BCUT2D eigenvalue weighted by atomic mass is 10.1. The summed E-state index contributed by atoms with van der Waals surface area (Å²) in [5.41, 5.74) is 1.05. The smallest absolute Gasteiger partial charge is 0.225 e. The second-order valence-electron chi connectivity index (χ2n) is 6.09. The highest BCUT2D eigenvalue weighted by atomic mass is 19.1. The van der Waals surface area contributed by atoms with Crippen molar-refractivity contribution >= 4 is 5.95 Å². The monoisotopic (exact) mass is 330 g/mol. The molecule has 2 aliphatic rings. The fourth-order valence-corrected chi connectivity index (χ4v) is 3.48. The maximum atomic E-state index is 13.1. The van der Waals surface area contributed by atoms with Gasteiger partial charge in [0.15, 0.2) is 5.82 Å². The molecule has 3 heterocycles. The molecular weight excluding hydrogens is 311 g/mol. The first-order valence-corrected chi connectivity index (χ1v) is 8.17. The first kappa shape index (κ1) is 15.4. The first-order valence-electron chi connectivity index (χ1n) is 8.17. The molecule has 0 radical (unpaired) electrons. The van der Waals surface area contributed by atoms with E-state index < -0.39 is 5.82 Å². The Hall–Kier alpha value is -2.12. The molecule has 1 saturated heterocycles. The van der Waals surface area contributed by atoms with Gasteiger partial charge in [-0.3, -0.25) is 4.98 Å².